The minimum absolute atomic E-state index is 0.177. The van der Waals surface area contributed by atoms with Crippen LogP contribution in [-0.4, -0.2) is 24.5 Å². The fraction of sp³-hybridized carbons (Fsp3) is 0.579. The summed E-state index contributed by atoms with van der Waals surface area (Å²) in [5, 5.41) is 3.78. The summed E-state index contributed by atoms with van der Waals surface area (Å²) in [6.45, 7) is -0.287. The van der Waals surface area contributed by atoms with Gasteiger partial charge in [0.15, 0.2) is 6.61 Å². The molecule has 0 unspecified atom stereocenters. The summed E-state index contributed by atoms with van der Waals surface area (Å²) in [5.41, 5.74) is 0.177. The molecule has 4 saturated carbocycles. The van der Waals surface area contributed by atoms with Crippen molar-refractivity contribution in [2.45, 2.75) is 38.1 Å². The van der Waals surface area contributed by atoms with Gasteiger partial charge in [0, 0.05) is 11.1 Å². The van der Waals surface area contributed by atoms with E-state index in [0.29, 0.717) is 16.9 Å². The highest BCUT2D eigenvalue weighted by Gasteiger charge is 2.48. The van der Waals surface area contributed by atoms with Gasteiger partial charge in [-0.3, -0.25) is 4.79 Å². The van der Waals surface area contributed by atoms with Crippen molar-refractivity contribution in [2.24, 2.45) is 23.7 Å². The summed E-state index contributed by atoms with van der Waals surface area (Å²) >= 11 is 11.9. The van der Waals surface area contributed by atoms with E-state index in [1.165, 1.54) is 44.2 Å². The van der Waals surface area contributed by atoms with Gasteiger partial charge in [-0.2, -0.15) is 0 Å². The number of rotatable bonds is 4. The third-order valence-corrected chi connectivity index (χ3v) is 6.60. The van der Waals surface area contributed by atoms with E-state index >= 15 is 0 Å². The third kappa shape index (κ3) is 3.52. The molecule has 0 atom stereocenters. The lowest BCUT2D eigenvalue weighted by atomic mass is 9.54. The standard InChI is InChI=1S/C19H21Cl2NO3/c20-14-1-2-16(21)15(8-14)19(24)25-9-17(23)22-18-12-4-10-3-11(6-12)7-13(18)5-10/h1-2,8,10-13,18H,3-7,9H2,(H,22,23). The third-order valence-electron chi connectivity index (χ3n) is 6.04. The smallest absolute Gasteiger partial charge is 0.340 e. The van der Waals surface area contributed by atoms with E-state index in [1.807, 2.05) is 0 Å². The SMILES string of the molecule is O=C(COC(=O)c1cc(Cl)ccc1Cl)NC1C2CC3CC(C2)CC1C3. The molecule has 1 aromatic rings. The Kier molecular flexibility index (Phi) is 4.67. The van der Waals surface area contributed by atoms with Crippen molar-refractivity contribution in [2.75, 3.05) is 6.61 Å². The molecule has 0 aliphatic heterocycles. The van der Waals surface area contributed by atoms with Crippen LogP contribution in [0.5, 0.6) is 0 Å². The maximum atomic E-state index is 12.3. The molecule has 4 aliphatic carbocycles. The molecule has 4 aliphatic rings. The summed E-state index contributed by atoms with van der Waals surface area (Å²) < 4.78 is 5.13. The Morgan fingerprint density at radius 3 is 2.32 bits per heavy atom. The summed E-state index contributed by atoms with van der Waals surface area (Å²) in [6, 6.07) is 4.82. The zero-order valence-electron chi connectivity index (χ0n) is 13.8. The predicted octanol–water partition coefficient (Wildman–Crippen LogP) is 4.09. The molecule has 6 heteroatoms. The first kappa shape index (κ1) is 17.2. The van der Waals surface area contributed by atoms with Crippen LogP contribution in [0.25, 0.3) is 0 Å². The van der Waals surface area contributed by atoms with Gasteiger partial charge in [0.05, 0.1) is 10.6 Å². The molecule has 134 valence electrons. The number of nitrogens with one attached hydrogen (secondary N) is 1. The number of benzene rings is 1. The predicted molar refractivity (Wildman–Crippen MR) is 95.7 cm³/mol. The number of halogens is 2. The molecule has 0 radical (unpaired) electrons. The quantitative estimate of drug-likeness (QED) is 0.798. The maximum absolute atomic E-state index is 12.3. The molecule has 0 spiro atoms. The van der Waals surface area contributed by atoms with Crippen LogP contribution in [0.1, 0.15) is 42.5 Å². The van der Waals surface area contributed by atoms with Gasteiger partial charge in [-0.1, -0.05) is 23.2 Å². The van der Waals surface area contributed by atoms with Crippen molar-refractivity contribution in [1.29, 1.82) is 0 Å². The Hall–Kier alpha value is -1.26. The Morgan fingerprint density at radius 2 is 1.68 bits per heavy atom. The average Bonchev–Trinajstić information content (AvgIpc) is 2.57. The summed E-state index contributed by atoms with van der Waals surface area (Å²) in [7, 11) is 0. The van der Waals surface area contributed by atoms with E-state index in [0.717, 1.165) is 11.8 Å². The van der Waals surface area contributed by atoms with E-state index in [2.05, 4.69) is 5.32 Å². The highest BCUT2D eigenvalue weighted by molar-refractivity contribution is 6.35. The second-order valence-corrected chi connectivity index (χ2v) is 8.57. The van der Waals surface area contributed by atoms with Crippen molar-refractivity contribution in [1.82, 2.24) is 5.32 Å². The van der Waals surface area contributed by atoms with Gasteiger partial charge in [0.1, 0.15) is 0 Å². The van der Waals surface area contributed by atoms with Crippen LogP contribution in [0, 0.1) is 23.7 Å². The number of carbonyl (C=O) groups excluding carboxylic acids is 2. The molecule has 0 saturated heterocycles. The lowest BCUT2D eigenvalue weighted by molar-refractivity contribution is -0.128. The molecule has 5 rings (SSSR count). The van der Waals surface area contributed by atoms with E-state index in [9.17, 15) is 9.59 Å². The molecular weight excluding hydrogens is 361 g/mol. The van der Waals surface area contributed by atoms with E-state index in [-0.39, 0.29) is 29.1 Å². The molecule has 1 N–H and O–H groups in total. The number of ether oxygens (including phenoxy) is 1. The van der Waals surface area contributed by atoms with Crippen molar-refractivity contribution in [3.63, 3.8) is 0 Å². The van der Waals surface area contributed by atoms with Gasteiger partial charge < -0.3 is 10.1 Å². The maximum Gasteiger partial charge on any atom is 0.340 e. The number of carbonyl (C=O) groups is 2. The summed E-state index contributed by atoms with van der Waals surface area (Å²) in [5.74, 6) is 2.05. The van der Waals surface area contributed by atoms with Gasteiger partial charge >= 0.3 is 5.97 Å². The van der Waals surface area contributed by atoms with Gasteiger partial charge in [-0.25, -0.2) is 4.79 Å². The van der Waals surface area contributed by atoms with Crippen molar-refractivity contribution >= 4 is 35.1 Å². The zero-order valence-corrected chi connectivity index (χ0v) is 15.4. The number of amides is 1. The zero-order chi connectivity index (χ0) is 17.6. The largest absolute Gasteiger partial charge is 0.452 e. The monoisotopic (exact) mass is 381 g/mol. The Balaban J connectivity index is 1.32. The first-order valence-electron chi connectivity index (χ1n) is 8.91. The average molecular weight is 382 g/mol. The second kappa shape index (κ2) is 6.81. The molecule has 0 aromatic heterocycles. The van der Waals surface area contributed by atoms with Crippen LogP contribution in [-0.2, 0) is 9.53 Å². The minimum atomic E-state index is -0.632. The van der Waals surface area contributed by atoms with Gasteiger partial charge in [-0.05, 0) is 74.0 Å². The van der Waals surface area contributed by atoms with Crippen LogP contribution >= 0.6 is 23.2 Å². The van der Waals surface area contributed by atoms with Crippen LogP contribution in [0.15, 0.2) is 18.2 Å². The highest BCUT2D eigenvalue weighted by Crippen LogP contribution is 2.53. The number of hydrogen-bond acceptors (Lipinski definition) is 3. The highest BCUT2D eigenvalue weighted by atomic mass is 35.5. The van der Waals surface area contributed by atoms with Gasteiger partial charge in [0.25, 0.3) is 5.91 Å². The lowest BCUT2D eigenvalue weighted by Crippen LogP contribution is -2.56. The van der Waals surface area contributed by atoms with Gasteiger partial charge in [-0.15, -0.1) is 0 Å². The first-order valence-corrected chi connectivity index (χ1v) is 9.66. The lowest BCUT2D eigenvalue weighted by Gasteiger charge is -2.54. The Bertz CT molecular complexity index is 678. The van der Waals surface area contributed by atoms with E-state index in [4.69, 9.17) is 27.9 Å². The second-order valence-electron chi connectivity index (χ2n) is 7.72. The number of esters is 1. The van der Waals surface area contributed by atoms with Crippen LogP contribution in [0.2, 0.25) is 10.0 Å². The van der Waals surface area contributed by atoms with Crippen LogP contribution in [0.3, 0.4) is 0 Å². The summed E-state index contributed by atoms with van der Waals surface area (Å²) in [4.78, 5) is 24.4. The Morgan fingerprint density at radius 1 is 1.04 bits per heavy atom. The molecule has 1 aromatic carbocycles. The molecule has 1 amide bonds. The first-order chi connectivity index (χ1) is 12.0. The topological polar surface area (TPSA) is 55.4 Å². The fourth-order valence-electron chi connectivity index (χ4n) is 5.25. The van der Waals surface area contributed by atoms with Crippen LogP contribution in [0.4, 0.5) is 0 Å². The molecule has 0 heterocycles. The minimum Gasteiger partial charge on any atom is -0.452 e. The molecular formula is C19H21Cl2NO3. The molecule has 4 nitrogen and oxygen atoms in total. The fourth-order valence-corrected chi connectivity index (χ4v) is 5.62. The van der Waals surface area contributed by atoms with E-state index < -0.39 is 5.97 Å². The van der Waals surface area contributed by atoms with Crippen molar-refractivity contribution in [3.05, 3.63) is 33.8 Å². The molecule has 4 bridgehead atoms. The Labute approximate surface area is 157 Å². The van der Waals surface area contributed by atoms with Gasteiger partial charge in [0.2, 0.25) is 0 Å². The van der Waals surface area contributed by atoms with Crippen LogP contribution < -0.4 is 5.32 Å². The molecule has 4 fully saturated rings. The number of hydrogen-bond donors (Lipinski definition) is 1. The normalized spacial score (nSPS) is 32.5. The summed E-state index contributed by atoms with van der Waals surface area (Å²) in [6.07, 6.45) is 6.31. The van der Waals surface area contributed by atoms with Crippen molar-refractivity contribution < 1.29 is 14.3 Å². The van der Waals surface area contributed by atoms with E-state index in [1.54, 1.807) is 6.07 Å². The van der Waals surface area contributed by atoms with Crippen molar-refractivity contribution in [3.8, 4) is 0 Å². The molecule has 25 heavy (non-hydrogen) atoms.